The number of nitrogens with zero attached hydrogens (tertiary/aromatic N) is 4. The summed E-state index contributed by atoms with van der Waals surface area (Å²) < 4.78 is 31.4. The lowest BCUT2D eigenvalue weighted by atomic mass is 10.2. The third-order valence-corrected chi connectivity index (χ3v) is 6.94. The van der Waals surface area contributed by atoms with Gasteiger partial charge in [0.25, 0.3) is 0 Å². The standard InChI is InChI=1S/C17H23N5O2S2/c1-3-8-20-13-18-22(17(20)25)14-19-9-11-21(12-10-19)26(23,24)16-6-4-15(2)5-7-16/h3-7,13H,1,8-12,14H2,2H3/p+1. The molecule has 0 bridgehead atoms. The summed E-state index contributed by atoms with van der Waals surface area (Å²) in [6.07, 6.45) is 3.49. The summed E-state index contributed by atoms with van der Waals surface area (Å²) >= 11 is 5.41. The van der Waals surface area contributed by atoms with Gasteiger partial charge in [-0.2, -0.15) is 14.1 Å². The van der Waals surface area contributed by atoms with E-state index in [2.05, 4.69) is 11.7 Å². The molecule has 0 amide bonds. The Morgan fingerprint density at radius 1 is 1.27 bits per heavy atom. The third-order valence-electron chi connectivity index (χ3n) is 4.58. The first-order valence-electron chi connectivity index (χ1n) is 8.55. The summed E-state index contributed by atoms with van der Waals surface area (Å²) in [6, 6.07) is 7.01. The molecule has 0 atom stereocenters. The van der Waals surface area contributed by atoms with E-state index in [4.69, 9.17) is 12.2 Å². The Bertz CT molecular complexity index is 923. The minimum atomic E-state index is -3.42. The van der Waals surface area contributed by atoms with E-state index >= 15 is 0 Å². The van der Waals surface area contributed by atoms with Gasteiger partial charge in [-0.3, -0.25) is 0 Å². The van der Waals surface area contributed by atoms with Gasteiger partial charge in [0.2, 0.25) is 14.8 Å². The zero-order chi connectivity index (χ0) is 18.7. The smallest absolute Gasteiger partial charge is 0.243 e. The number of quaternary nitrogens is 1. The molecular weight excluding hydrogens is 370 g/mol. The summed E-state index contributed by atoms with van der Waals surface area (Å²) in [4.78, 5) is 1.62. The normalized spacial score (nSPS) is 16.7. The van der Waals surface area contributed by atoms with Crippen LogP contribution in [0, 0.1) is 11.7 Å². The van der Waals surface area contributed by atoms with Gasteiger partial charge in [0.1, 0.15) is 6.33 Å². The fraction of sp³-hybridized carbons (Fsp3) is 0.412. The molecule has 1 N–H and O–H groups in total. The van der Waals surface area contributed by atoms with Crippen LogP contribution in [0.5, 0.6) is 0 Å². The molecule has 0 spiro atoms. The summed E-state index contributed by atoms with van der Waals surface area (Å²) in [7, 11) is -3.42. The average molecular weight is 395 g/mol. The molecule has 0 unspecified atom stereocenters. The molecule has 1 aliphatic heterocycles. The highest BCUT2D eigenvalue weighted by molar-refractivity contribution is 7.89. The lowest BCUT2D eigenvalue weighted by Crippen LogP contribution is -3.14. The number of aromatic nitrogens is 3. The summed E-state index contributed by atoms with van der Waals surface area (Å²) in [5.74, 6) is 0. The fourth-order valence-electron chi connectivity index (χ4n) is 3.02. The van der Waals surface area contributed by atoms with Gasteiger partial charge in [0.15, 0.2) is 6.67 Å². The monoisotopic (exact) mass is 394 g/mol. The van der Waals surface area contributed by atoms with Gasteiger partial charge < -0.3 is 9.47 Å². The number of piperazine rings is 1. The Kier molecular flexibility index (Phi) is 5.71. The van der Waals surface area contributed by atoms with Crippen molar-refractivity contribution >= 4 is 22.2 Å². The van der Waals surface area contributed by atoms with E-state index in [1.165, 1.54) is 4.90 Å². The Morgan fingerprint density at radius 3 is 2.54 bits per heavy atom. The van der Waals surface area contributed by atoms with Crippen molar-refractivity contribution in [2.24, 2.45) is 0 Å². The summed E-state index contributed by atoms with van der Waals surface area (Å²) in [5, 5.41) is 4.33. The number of hydrogen-bond acceptors (Lipinski definition) is 4. The van der Waals surface area contributed by atoms with Gasteiger partial charge in [-0.25, -0.2) is 8.42 Å². The Morgan fingerprint density at radius 2 is 1.92 bits per heavy atom. The molecule has 7 nitrogen and oxygen atoms in total. The highest BCUT2D eigenvalue weighted by Gasteiger charge is 2.30. The van der Waals surface area contributed by atoms with E-state index < -0.39 is 10.0 Å². The molecule has 26 heavy (non-hydrogen) atoms. The lowest BCUT2D eigenvalue weighted by molar-refractivity contribution is -0.926. The van der Waals surface area contributed by atoms with Gasteiger partial charge in [-0.1, -0.05) is 23.8 Å². The molecule has 9 heteroatoms. The second-order valence-corrected chi connectivity index (χ2v) is 8.78. The van der Waals surface area contributed by atoms with Gasteiger partial charge in [0.05, 0.1) is 31.1 Å². The van der Waals surface area contributed by atoms with Crippen molar-refractivity contribution in [1.82, 2.24) is 18.7 Å². The predicted molar refractivity (Wildman–Crippen MR) is 102 cm³/mol. The molecular formula is C17H24N5O2S2+. The molecule has 1 aromatic carbocycles. The van der Waals surface area contributed by atoms with Crippen LogP contribution in [-0.2, 0) is 23.2 Å². The summed E-state index contributed by atoms with van der Waals surface area (Å²) in [5.41, 5.74) is 1.05. The van der Waals surface area contributed by atoms with E-state index in [1.807, 2.05) is 23.6 Å². The van der Waals surface area contributed by atoms with Crippen LogP contribution >= 0.6 is 12.2 Å². The van der Waals surface area contributed by atoms with E-state index in [0.29, 0.717) is 36.0 Å². The number of hydrogen-bond donors (Lipinski definition) is 1. The Hall–Kier alpha value is -1.81. The number of aryl methyl sites for hydroxylation is 1. The zero-order valence-corrected chi connectivity index (χ0v) is 16.5. The maximum atomic E-state index is 12.8. The lowest BCUT2D eigenvalue weighted by Gasteiger charge is -2.31. The van der Waals surface area contributed by atoms with Crippen LogP contribution in [0.15, 0.2) is 48.1 Å². The average Bonchev–Trinajstić information content (AvgIpc) is 2.96. The molecule has 0 saturated carbocycles. The number of sulfonamides is 1. The van der Waals surface area contributed by atoms with Gasteiger partial charge in [-0.15, -0.1) is 6.58 Å². The largest absolute Gasteiger partial charge is 0.314 e. The minimum Gasteiger partial charge on any atom is -0.314 e. The van der Waals surface area contributed by atoms with E-state index in [1.54, 1.807) is 33.5 Å². The van der Waals surface area contributed by atoms with Crippen molar-refractivity contribution in [2.75, 3.05) is 26.2 Å². The highest BCUT2D eigenvalue weighted by Crippen LogP contribution is 2.16. The molecule has 1 aliphatic rings. The molecule has 0 radical (unpaired) electrons. The quantitative estimate of drug-likeness (QED) is 0.571. The van der Waals surface area contributed by atoms with Crippen LogP contribution in [0.2, 0.25) is 0 Å². The van der Waals surface area contributed by atoms with Gasteiger partial charge in [-0.05, 0) is 31.3 Å². The van der Waals surface area contributed by atoms with Crippen LogP contribution in [0.3, 0.4) is 0 Å². The SMILES string of the molecule is C=CCn1cnn(C[NH+]2CCN(S(=O)(=O)c3ccc(C)cc3)CC2)c1=S. The Balaban J connectivity index is 1.63. The van der Waals surface area contributed by atoms with Gasteiger partial charge in [0, 0.05) is 6.54 Å². The van der Waals surface area contributed by atoms with Crippen LogP contribution in [0.25, 0.3) is 0 Å². The zero-order valence-electron chi connectivity index (χ0n) is 14.8. The first-order valence-corrected chi connectivity index (χ1v) is 10.4. The molecule has 3 rings (SSSR count). The molecule has 0 aliphatic carbocycles. The molecule has 1 aromatic heterocycles. The van der Waals surface area contributed by atoms with Crippen molar-refractivity contribution in [3.63, 3.8) is 0 Å². The van der Waals surface area contributed by atoms with Crippen molar-refractivity contribution in [2.45, 2.75) is 25.0 Å². The first-order chi connectivity index (χ1) is 12.4. The van der Waals surface area contributed by atoms with E-state index in [-0.39, 0.29) is 0 Å². The molecule has 2 aromatic rings. The Labute approximate surface area is 159 Å². The van der Waals surface area contributed by atoms with Crippen molar-refractivity contribution < 1.29 is 13.3 Å². The molecule has 2 heterocycles. The van der Waals surface area contributed by atoms with Crippen molar-refractivity contribution in [3.05, 3.63) is 53.6 Å². The second kappa shape index (κ2) is 7.83. The maximum Gasteiger partial charge on any atom is 0.243 e. The number of allylic oxidation sites excluding steroid dienone is 1. The molecule has 140 valence electrons. The topological polar surface area (TPSA) is 64.6 Å². The second-order valence-electron chi connectivity index (χ2n) is 6.48. The molecule has 1 saturated heterocycles. The number of benzene rings is 1. The van der Waals surface area contributed by atoms with E-state index in [0.717, 1.165) is 18.7 Å². The summed E-state index contributed by atoms with van der Waals surface area (Å²) in [6.45, 7) is 9.36. The van der Waals surface area contributed by atoms with Gasteiger partial charge >= 0.3 is 0 Å². The fourth-order valence-corrected chi connectivity index (χ4v) is 4.69. The van der Waals surface area contributed by atoms with Crippen molar-refractivity contribution in [1.29, 1.82) is 0 Å². The number of rotatable bonds is 6. The van der Waals surface area contributed by atoms with Crippen molar-refractivity contribution in [3.8, 4) is 0 Å². The third kappa shape index (κ3) is 3.96. The molecule has 1 fully saturated rings. The number of nitrogens with one attached hydrogen (secondary N) is 1. The van der Waals surface area contributed by atoms with E-state index in [9.17, 15) is 8.42 Å². The predicted octanol–water partition coefficient (Wildman–Crippen LogP) is 0.455. The highest BCUT2D eigenvalue weighted by atomic mass is 32.2. The minimum absolute atomic E-state index is 0.358. The van der Waals surface area contributed by atoms with Crippen LogP contribution in [0.1, 0.15) is 5.56 Å². The maximum absolute atomic E-state index is 12.8. The van der Waals surface area contributed by atoms with Crippen LogP contribution < -0.4 is 4.90 Å². The first kappa shape index (κ1) is 19.0. The van der Waals surface area contributed by atoms with Crippen LogP contribution in [-0.4, -0.2) is 53.2 Å². The van der Waals surface area contributed by atoms with Crippen LogP contribution in [0.4, 0.5) is 0 Å².